The molecule has 0 radical (unpaired) electrons. The molecule has 1 saturated carbocycles. The van der Waals surface area contributed by atoms with E-state index < -0.39 is 5.82 Å². The molecule has 1 fully saturated rings. The van der Waals surface area contributed by atoms with Gasteiger partial charge >= 0.3 is 0 Å². The van der Waals surface area contributed by atoms with Crippen LogP contribution in [0, 0.1) is 28.5 Å². The van der Waals surface area contributed by atoms with Crippen LogP contribution in [0.2, 0.25) is 0 Å². The molecule has 0 aliphatic heterocycles. The lowest BCUT2D eigenvalue weighted by Crippen LogP contribution is -2.21. The van der Waals surface area contributed by atoms with Crippen LogP contribution in [0.1, 0.15) is 45.6 Å². The predicted molar refractivity (Wildman–Crippen MR) is 92.0 cm³/mol. The summed E-state index contributed by atoms with van der Waals surface area (Å²) in [4.78, 5) is 12.3. The Balaban J connectivity index is 2.01. The number of rotatable bonds is 4. The molecule has 1 heterocycles. The third kappa shape index (κ3) is 3.59. The number of hydrogen-bond acceptors (Lipinski definition) is 2. The van der Waals surface area contributed by atoms with Gasteiger partial charge in [-0.15, -0.1) is 0 Å². The van der Waals surface area contributed by atoms with Gasteiger partial charge in [-0.05, 0) is 42.4 Å². The molecule has 1 aliphatic carbocycles. The van der Waals surface area contributed by atoms with Gasteiger partial charge in [-0.25, -0.2) is 4.39 Å². The molecule has 24 heavy (non-hydrogen) atoms. The molecule has 3 rings (SSSR count). The number of carbonyl (C=O) groups is 1. The number of fused-ring (bicyclic) bond motifs is 1. The smallest absolute Gasteiger partial charge is 0.226 e. The minimum atomic E-state index is -0.426. The summed E-state index contributed by atoms with van der Waals surface area (Å²) >= 11 is 0. The van der Waals surface area contributed by atoms with Gasteiger partial charge in [0.1, 0.15) is 11.6 Å². The lowest BCUT2D eigenvalue weighted by Gasteiger charge is -2.18. The van der Waals surface area contributed by atoms with Crippen LogP contribution in [0.15, 0.2) is 18.2 Å². The van der Waals surface area contributed by atoms with Gasteiger partial charge in [0, 0.05) is 18.4 Å². The lowest BCUT2D eigenvalue weighted by atomic mass is 9.92. The first-order chi connectivity index (χ1) is 11.3. The molecule has 4 nitrogen and oxygen atoms in total. The van der Waals surface area contributed by atoms with Crippen LogP contribution in [-0.2, 0) is 11.3 Å². The molecule has 5 heteroatoms. The van der Waals surface area contributed by atoms with Crippen LogP contribution < -0.4 is 5.32 Å². The number of nitrogens with zero attached hydrogens (tertiary/aromatic N) is 2. The van der Waals surface area contributed by atoms with Crippen LogP contribution in [0.4, 0.5) is 10.2 Å². The SMILES string of the molecule is CC(C)(C)CC(=O)Nc1cc2c(F)cc(C#N)cc2n1CC1CC1. The fraction of sp³-hybridized carbons (Fsp3) is 0.474. The van der Waals surface area contributed by atoms with Crippen LogP contribution in [0.5, 0.6) is 0 Å². The van der Waals surface area contributed by atoms with E-state index in [9.17, 15) is 9.18 Å². The summed E-state index contributed by atoms with van der Waals surface area (Å²) in [6.45, 7) is 6.75. The molecule has 126 valence electrons. The van der Waals surface area contributed by atoms with E-state index in [1.807, 2.05) is 31.4 Å². The molecule has 1 aromatic carbocycles. The first-order valence-electron chi connectivity index (χ1n) is 8.29. The Morgan fingerprint density at radius 3 is 2.67 bits per heavy atom. The van der Waals surface area contributed by atoms with Gasteiger partial charge in [0.25, 0.3) is 0 Å². The first-order valence-corrected chi connectivity index (χ1v) is 8.29. The van der Waals surface area contributed by atoms with Crippen molar-refractivity contribution in [2.45, 2.75) is 46.6 Å². The number of benzene rings is 1. The molecular formula is C19H22FN3O. The van der Waals surface area contributed by atoms with Crippen LogP contribution in [0.3, 0.4) is 0 Å². The van der Waals surface area contributed by atoms with Crippen molar-refractivity contribution in [2.24, 2.45) is 11.3 Å². The first kappa shape index (κ1) is 16.5. The van der Waals surface area contributed by atoms with Crippen molar-refractivity contribution in [1.29, 1.82) is 5.26 Å². The fourth-order valence-corrected chi connectivity index (χ4v) is 2.91. The Morgan fingerprint density at radius 2 is 2.08 bits per heavy atom. The number of hydrogen-bond donors (Lipinski definition) is 1. The highest BCUT2D eigenvalue weighted by Gasteiger charge is 2.25. The van der Waals surface area contributed by atoms with Crippen LogP contribution in [0.25, 0.3) is 10.9 Å². The fourth-order valence-electron chi connectivity index (χ4n) is 2.91. The Hall–Kier alpha value is -2.35. The molecule has 1 amide bonds. The van der Waals surface area contributed by atoms with Crippen molar-refractivity contribution < 1.29 is 9.18 Å². The zero-order chi connectivity index (χ0) is 17.5. The third-order valence-electron chi connectivity index (χ3n) is 4.20. The zero-order valence-corrected chi connectivity index (χ0v) is 14.3. The van der Waals surface area contributed by atoms with Crippen molar-refractivity contribution in [2.75, 3.05) is 5.32 Å². The Kier molecular flexibility index (Phi) is 4.08. The molecule has 0 unspecified atom stereocenters. The highest BCUT2D eigenvalue weighted by molar-refractivity contribution is 5.95. The number of aromatic nitrogens is 1. The van der Waals surface area contributed by atoms with Gasteiger partial charge in [-0.2, -0.15) is 5.26 Å². The van der Waals surface area contributed by atoms with Gasteiger partial charge in [0.2, 0.25) is 5.91 Å². The monoisotopic (exact) mass is 327 g/mol. The maximum Gasteiger partial charge on any atom is 0.226 e. The average Bonchev–Trinajstić information content (AvgIpc) is 3.21. The summed E-state index contributed by atoms with van der Waals surface area (Å²) in [6.07, 6.45) is 2.69. The molecule has 0 atom stereocenters. The molecule has 1 aromatic heterocycles. The number of amides is 1. The number of nitrogens with one attached hydrogen (secondary N) is 1. The van der Waals surface area contributed by atoms with Gasteiger partial charge < -0.3 is 9.88 Å². The van der Waals surface area contributed by atoms with Gasteiger partial charge in [-0.3, -0.25) is 4.79 Å². The number of halogens is 1. The van der Waals surface area contributed by atoms with Crippen LogP contribution in [-0.4, -0.2) is 10.5 Å². The van der Waals surface area contributed by atoms with Gasteiger partial charge in [0.15, 0.2) is 0 Å². The molecule has 1 N–H and O–H groups in total. The van der Waals surface area contributed by atoms with Crippen LogP contribution >= 0.6 is 0 Å². The lowest BCUT2D eigenvalue weighted by molar-refractivity contribution is -0.117. The highest BCUT2D eigenvalue weighted by Crippen LogP contribution is 2.35. The van der Waals surface area contributed by atoms with E-state index in [1.54, 1.807) is 12.1 Å². The summed E-state index contributed by atoms with van der Waals surface area (Å²) in [5, 5.41) is 12.5. The summed E-state index contributed by atoms with van der Waals surface area (Å²) < 4.78 is 16.3. The van der Waals surface area contributed by atoms with E-state index in [-0.39, 0.29) is 11.3 Å². The topological polar surface area (TPSA) is 57.8 Å². The molecular weight excluding hydrogens is 305 g/mol. The van der Waals surface area contributed by atoms with E-state index in [4.69, 9.17) is 5.26 Å². The maximum absolute atomic E-state index is 14.3. The molecule has 0 bridgehead atoms. The number of carbonyl (C=O) groups excluding carboxylic acids is 1. The second kappa shape index (κ2) is 5.94. The maximum atomic E-state index is 14.3. The highest BCUT2D eigenvalue weighted by atomic mass is 19.1. The van der Waals surface area contributed by atoms with Crippen molar-refractivity contribution in [3.63, 3.8) is 0 Å². The van der Waals surface area contributed by atoms with Crippen molar-refractivity contribution in [1.82, 2.24) is 4.57 Å². The molecule has 0 saturated heterocycles. The summed E-state index contributed by atoms with van der Waals surface area (Å²) in [6, 6.07) is 6.61. The zero-order valence-electron chi connectivity index (χ0n) is 14.3. The summed E-state index contributed by atoms with van der Waals surface area (Å²) in [7, 11) is 0. The van der Waals surface area contributed by atoms with Crippen molar-refractivity contribution in [3.05, 3.63) is 29.6 Å². The second-order valence-electron chi connectivity index (χ2n) is 7.87. The Morgan fingerprint density at radius 1 is 1.38 bits per heavy atom. The summed E-state index contributed by atoms with van der Waals surface area (Å²) in [5.41, 5.74) is 0.851. The second-order valence-corrected chi connectivity index (χ2v) is 7.87. The van der Waals surface area contributed by atoms with E-state index in [2.05, 4.69) is 5.32 Å². The quantitative estimate of drug-likeness (QED) is 0.902. The molecule has 1 aliphatic rings. The van der Waals surface area contributed by atoms with E-state index in [0.29, 0.717) is 34.6 Å². The minimum absolute atomic E-state index is 0.0803. The number of nitriles is 1. The molecule has 2 aromatic rings. The van der Waals surface area contributed by atoms with E-state index in [1.165, 1.54) is 6.07 Å². The van der Waals surface area contributed by atoms with Gasteiger partial charge in [-0.1, -0.05) is 20.8 Å². The molecule has 0 spiro atoms. The number of anilines is 1. The van der Waals surface area contributed by atoms with E-state index in [0.717, 1.165) is 19.4 Å². The average molecular weight is 327 g/mol. The largest absolute Gasteiger partial charge is 0.327 e. The van der Waals surface area contributed by atoms with Crippen molar-refractivity contribution >= 4 is 22.6 Å². The van der Waals surface area contributed by atoms with Gasteiger partial charge in [0.05, 0.1) is 17.1 Å². The Bertz CT molecular complexity index is 835. The predicted octanol–water partition coefficient (Wildman–Crippen LogP) is 4.44. The van der Waals surface area contributed by atoms with Crippen molar-refractivity contribution in [3.8, 4) is 6.07 Å². The minimum Gasteiger partial charge on any atom is -0.327 e. The third-order valence-corrected chi connectivity index (χ3v) is 4.20. The summed E-state index contributed by atoms with van der Waals surface area (Å²) in [5.74, 6) is 0.668. The normalized spacial score (nSPS) is 14.6. The standard InChI is InChI=1S/C19H22FN3O/c1-19(2,3)9-18(24)22-17-8-14-15(20)6-13(10-21)7-16(14)23(17)11-12-4-5-12/h6-8,12H,4-5,9,11H2,1-3H3,(H,22,24). The van der Waals surface area contributed by atoms with E-state index >= 15 is 0 Å². The Labute approximate surface area is 141 Å².